The molecule has 31 heavy (non-hydrogen) atoms. The van der Waals surface area contributed by atoms with Crippen molar-refractivity contribution >= 4 is 33.7 Å². The van der Waals surface area contributed by atoms with Crippen molar-refractivity contribution < 1.29 is 9.53 Å². The molecular weight excluding hydrogens is 384 g/mol. The summed E-state index contributed by atoms with van der Waals surface area (Å²) in [6.07, 6.45) is 1.04. The van der Waals surface area contributed by atoms with Crippen molar-refractivity contribution in [3.63, 3.8) is 0 Å². The van der Waals surface area contributed by atoms with E-state index in [1.165, 1.54) is 10.9 Å². The Kier molecular flexibility index (Phi) is 6.48. The fourth-order valence-electron chi connectivity index (χ4n) is 3.39. The summed E-state index contributed by atoms with van der Waals surface area (Å²) < 4.78 is 5.83. The molecule has 4 aromatic carbocycles. The molecule has 156 valence electrons. The van der Waals surface area contributed by atoms with Crippen molar-refractivity contribution in [2.24, 2.45) is 0 Å². The molecular formula is C27H26N2O2. The number of hydrogen-bond donors (Lipinski definition) is 2. The highest BCUT2D eigenvalue weighted by Gasteiger charge is 2.07. The summed E-state index contributed by atoms with van der Waals surface area (Å²) in [7, 11) is 0. The third-order valence-electron chi connectivity index (χ3n) is 5.07. The molecule has 4 rings (SSSR count). The molecule has 0 bridgehead atoms. The fourth-order valence-corrected chi connectivity index (χ4v) is 3.39. The van der Waals surface area contributed by atoms with Gasteiger partial charge in [0.2, 0.25) is 5.91 Å². The Morgan fingerprint density at radius 2 is 1.52 bits per heavy atom. The number of amides is 1. The molecule has 0 radical (unpaired) electrons. The third kappa shape index (κ3) is 5.64. The zero-order valence-electron chi connectivity index (χ0n) is 17.6. The normalized spacial score (nSPS) is 10.6. The zero-order chi connectivity index (χ0) is 21.5. The number of fused-ring (bicyclic) bond motifs is 1. The minimum absolute atomic E-state index is 0.0275. The second-order valence-electron chi connectivity index (χ2n) is 7.55. The maximum absolute atomic E-state index is 12.5. The Morgan fingerprint density at radius 1 is 0.806 bits per heavy atom. The van der Waals surface area contributed by atoms with E-state index in [-0.39, 0.29) is 5.91 Å². The molecule has 0 saturated heterocycles. The van der Waals surface area contributed by atoms with Crippen LogP contribution in [0.4, 0.5) is 17.1 Å². The summed E-state index contributed by atoms with van der Waals surface area (Å²) in [6.45, 7) is 2.55. The maximum Gasteiger partial charge on any atom is 0.224 e. The molecule has 0 saturated carbocycles. The van der Waals surface area contributed by atoms with Gasteiger partial charge in [0.25, 0.3) is 0 Å². The average molecular weight is 411 g/mol. The summed E-state index contributed by atoms with van der Waals surface area (Å²) >= 11 is 0. The van der Waals surface area contributed by atoms with Gasteiger partial charge in [-0.25, -0.2) is 0 Å². The summed E-state index contributed by atoms with van der Waals surface area (Å²) in [5.74, 6) is 0.798. The lowest BCUT2D eigenvalue weighted by Crippen LogP contribution is -2.13. The molecule has 4 heteroatoms. The largest absolute Gasteiger partial charge is 0.494 e. The lowest BCUT2D eigenvalue weighted by molar-refractivity contribution is -0.116. The molecule has 0 heterocycles. The highest BCUT2D eigenvalue weighted by Crippen LogP contribution is 2.26. The van der Waals surface area contributed by atoms with E-state index in [1.807, 2.05) is 60.7 Å². The van der Waals surface area contributed by atoms with Gasteiger partial charge in [-0.3, -0.25) is 4.79 Å². The molecule has 0 fully saturated rings. The van der Waals surface area contributed by atoms with Gasteiger partial charge in [-0.2, -0.15) is 0 Å². The standard InChI is InChI=1S/C27H26N2O2/c1-20-12-15-23(16-13-20)28-25-9-4-5-10-26(25)29-27(30)11-6-18-31-24-17-14-21-7-2-3-8-22(21)19-24/h2-5,7-10,12-17,19,28H,6,11,18H2,1H3,(H,29,30). The van der Waals surface area contributed by atoms with E-state index in [9.17, 15) is 4.79 Å². The number of aryl methyl sites for hydroxylation is 1. The molecule has 0 unspecified atom stereocenters. The van der Waals surface area contributed by atoms with E-state index >= 15 is 0 Å². The number of anilines is 3. The number of nitrogens with one attached hydrogen (secondary N) is 2. The monoisotopic (exact) mass is 410 g/mol. The number of para-hydroxylation sites is 2. The highest BCUT2D eigenvalue weighted by atomic mass is 16.5. The number of hydrogen-bond acceptors (Lipinski definition) is 3. The predicted molar refractivity (Wildman–Crippen MR) is 128 cm³/mol. The molecule has 0 spiro atoms. The van der Waals surface area contributed by atoms with E-state index in [2.05, 4.69) is 47.9 Å². The number of ether oxygens (including phenoxy) is 1. The van der Waals surface area contributed by atoms with Crippen LogP contribution in [-0.2, 0) is 4.79 Å². The number of rotatable bonds is 8. The molecule has 0 aliphatic carbocycles. The van der Waals surface area contributed by atoms with Gasteiger partial charge in [-0.1, -0.05) is 60.2 Å². The van der Waals surface area contributed by atoms with Crippen LogP contribution in [-0.4, -0.2) is 12.5 Å². The number of carbonyl (C=O) groups excluding carboxylic acids is 1. The number of carbonyl (C=O) groups is 1. The first-order chi connectivity index (χ1) is 15.2. The molecule has 0 aliphatic heterocycles. The lowest BCUT2D eigenvalue weighted by atomic mass is 10.1. The SMILES string of the molecule is Cc1ccc(Nc2ccccc2NC(=O)CCCOc2ccc3ccccc3c2)cc1. The highest BCUT2D eigenvalue weighted by molar-refractivity contribution is 5.94. The van der Waals surface area contributed by atoms with Gasteiger partial charge in [-0.05, 0) is 60.5 Å². The van der Waals surface area contributed by atoms with Crippen molar-refractivity contribution in [1.29, 1.82) is 0 Å². The molecule has 0 atom stereocenters. The van der Waals surface area contributed by atoms with Gasteiger partial charge in [0.05, 0.1) is 18.0 Å². The number of benzene rings is 4. The molecule has 0 aromatic heterocycles. The topological polar surface area (TPSA) is 50.4 Å². The Morgan fingerprint density at radius 3 is 2.32 bits per heavy atom. The van der Waals surface area contributed by atoms with E-state index < -0.39 is 0 Å². The Labute approximate surface area is 182 Å². The van der Waals surface area contributed by atoms with Crippen molar-refractivity contribution in [1.82, 2.24) is 0 Å². The van der Waals surface area contributed by atoms with Gasteiger partial charge in [0.15, 0.2) is 0 Å². The summed E-state index contributed by atoms with van der Waals surface area (Å²) in [6, 6.07) is 30.1. The van der Waals surface area contributed by atoms with Crippen molar-refractivity contribution in [3.8, 4) is 5.75 Å². The van der Waals surface area contributed by atoms with Crippen molar-refractivity contribution in [2.45, 2.75) is 19.8 Å². The van der Waals surface area contributed by atoms with Crippen LogP contribution < -0.4 is 15.4 Å². The van der Waals surface area contributed by atoms with Crippen LogP contribution in [0.2, 0.25) is 0 Å². The maximum atomic E-state index is 12.5. The first kappa shape index (κ1) is 20.5. The van der Waals surface area contributed by atoms with Gasteiger partial charge in [-0.15, -0.1) is 0 Å². The van der Waals surface area contributed by atoms with Gasteiger partial charge >= 0.3 is 0 Å². The van der Waals surface area contributed by atoms with Crippen molar-refractivity contribution in [2.75, 3.05) is 17.2 Å². The summed E-state index contributed by atoms with van der Waals surface area (Å²) in [4.78, 5) is 12.5. The van der Waals surface area contributed by atoms with Crippen molar-refractivity contribution in [3.05, 3.63) is 96.6 Å². The lowest BCUT2D eigenvalue weighted by Gasteiger charge is -2.13. The first-order valence-corrected chi connectivity index (χ1v) is 10.5. The van der Waals surface area contributed by atoms with Crippen LogP contribution in [0.1, 0.15) is 18.4 Å². The quantitative estimate of drug-likeness (QED) is 0.318. The van der Waals surface area contributed by atoms with Crippen LogP contribution in [0.25, 0.3) is 10.8 Å². The van der Waals surface area contributed by atoms with E-state index in [1.54, 1.807) is 0 Å². The minimum Gasteiger partial charge on any atom is -0.494 e. The van der Waals surface area contributed by atoms with Crippen LogP contribution in [0, 0.1) is 6.92 Å². The third-order valence-corrected chi connectivity index (χ3v) is 5.07. The Balaban J connectivity index is 1.28. The summed E-state index contributed by atoms with van der Waals surface area (Å²) in [5.41, 5.74) is 3.82. The second kappa shape index (κ2) is 9.81. The van der Waals surface area contributed by atoms with Crippen LogP contribution in [0.3, 0.4) is 0 Å². The minimum atomic E-state index is -0.0275. The molecule has 4 nitrogen and oxygen atoms in total. The first-order valence-electron chi connectivity index (χ1n) is 10.5. The fraction of sp³-hybridized carbons (Fsp3) is 0.148. The van der Waals surface area contributed by atoms with E-state index in [4.69, 9.17) is 4.74 Å². The van der Waals surface area contributed by atoms with Crippen LogP contribution >= 0.6 is 0 Å². The summed E-state index contributed by atoms with van der Waals surface area (Å²) in [5, 5.41) is 8.71. The predicted octanol–water partition coefficient (Wildman–Crippen LogP) is 6.69. The van der Waals surface area contributed by atoms with Gasteiger partial charge < -0.3 is 15.4 Å². The molecule has 2 N–H and O–H groups in total. The van der Waals surface area contributed by atoms with E-state index in [0.717, 1.165) is 28.2 Å². The van der Waals surface area contributed by atoms with Crippen LogP contribution in [0.15, 0.2) is 91.0 Å². The van der Waals surface area contributed by atoms with Gasteiger partial charge in [0.1, 0.15) is 5.75 Å². The Bertz CT molecular complexity index is 1170. The van der Waals surface area contributed by atoms with Crippen LogP contribution in [0.5, 0.6) is 5.75 Å². The molecule has 1 amide bonds. The second-order valence-corrected chi connectivity index (χ2v) is 7.55. The molecule has 0 aliphatic rings. The Hall–Kier alpha value is -3.79. The average Bonchev–Trinajstić information content (AvgIpc) is 2.79. The smallest absolute Gasteiger partial charge is 0.224 e. The van der Waals surface area contributed by atoms with Gasteiger partial charge in [0, 0.05) is 12.1 Å². The molecule has 4 aromatic rings. The van der Waals surface area contributed by atoms with E-state index in [0.29, 0.717) is 19.4 Å². The zero-order valence-corrected chi connectivity index (χ0v) is 17.6.